The highest BCUT2D eigenvalue weighted by molar-refractivity contribution is 7.89. The van der Waals surface area contributed by atoms with E-state index in [-0.39, 0.29) is 6.04 Å². The van der Waals surface area contributed by atoms with Crippen LogP contribution >= 0.6 is 0 Å². The summed E-state index contributed by atoms with van der Waals surface area (Å²) in [5.74, 6) is 1.72. The minimum atomic E-state index is -3.45. The van der Waals surface area contributed by atoms with E-state index in [1.807, 2.05) is 26.0 Å². The molecule has 0 amide bonds. The van der Waals surface area contributed by atoms with Gasteiger partial charge in [0.25, 0.3) is 0 Å². The highest BCUT2D eigenvalue weighted by Gasteiger charge is 2.31. The van der Waals surface area contributed by atoms with Crippen LogP contribution in [0.2, 0.25) is 0 Å². The number of aromatic nitrogens is 2. The molecule has 0 aliphatic carbocycles. The first-order valence-electron chi connectivity index (χ1n) is 9.40. The lowest BCUT2D eigenvalue weighted by atomic mass is 10.1. The van der Waals surface area contributed by atoms with Crippen LogP contribution in [-0.4, -0.2) is 54.0 Å². The van der Waals surface area contributed by atoms with Crippen molar-refractivity contribution >= 4 is 10.0 Å². The van der Waals surface area contributed by atoms with Crippen molar-refractivity contribution in [1.82, 2.24) is 19.4 Å². The van der Waals surface area contributed by atoms with Crippen LogP contribution in [0.15, 0.2) is 33.6 Å². The molecule has 27 heavy (non-hydrogen) atoms. The summed E-state index contributed by atoms with van der Waals surface area (Å²) in [5.41, 5.74) is 1.05. The fourth-order valence-corrected chi connectivity index (χ4v) is 4.64. The molecule has 0 saturated carbocycles. The molecule has 8 heteroatoms. The molecule has 0 N–H and O–H groups in total. The number of hydrogen-bond donors (Lipinski definition) is 0. The van der Waals surface area contributed by atoms with Gasteiger partial charge in [0.1, 0.15) is 0 Å². The molecule has 1 aliphatic rings. The van der Waals surface area contributed by atoms with Crippen LogP contribution in [0.5, 0.6) is 0 Å². The molecule has 2 aromatic rings. The molecular formula is C19H28N4O3S. The first-order chi connectivity index (χ1) is 12.8. The summed E-state index contributed by atoms with van der Waals surface area (Å²) in [6, 6.07) is 6.98. The second kappa shape index (κ2) is 8.08. The number of benzene rings is 1. The summed E-state index contributed by atoms with van der Waals surface area (Å²) >= 11 is 0. The van der Waals surface area contributed by atoms with E-state index >= 15 is 0 Å². The summed E-state index contributed by atoms with van der Waals surface area (Å²) in [5, 5.41) is 8.30. The SMILES string of the molecule is Cc1ccc(S(=O)(=O)N2CCN([C@H](C)c3nnc(CC(C)C)o3)CC2)cc1. The Balaban J connectivity index is 1.62. The van der Waals surface area contributed by atoms with Gasteiger partial charge in [-0.1, -0.05) is 31.5 Å². The van der Waals surface area contributed by atoms with Crippen LogP contribution in [0.1, 0.15) is 44.2 Å². The number of nitrogens with zero attached hydrogens (tertiary/aromatic N) is 4. The minimum absolute atomic E-state index is 0.0253. The quantitative estimate of drug-likeness (QED) is 0.752. The number of aryl methyl sites for hydroxylation is 1. The monoisotopic (exact) mass is 392 g/mol. The van der Waals surface area contributed by atoms with Crippen molar-refractivity contribution in [2.24, 2.45) is 5.92 Å². The smallest absolute Gasteiger partial charge is 0.243 e. The number of hydrogen-bond acceptors (Lipinski definition) is 6. The molecule has 1 fully saturated rings. The van der Waals surface area contributed by atoms with Crippen LogP contribution < -0.4 is 0 Å². The molecule has 1 atom stereocenters. The molecule has 7 nitrogen and oxygen atoms in total. The second-order valence-corrected chi connectivity index (χ2v) is 9.50. The molecule has 1 aromatic heterocycles. The van der Waals surface area contributed by atoms with Gasteiger partial charge in [-0.15, -0.1) is 10.2 Å². The first kappa shape index (κ1) is 20.0. The van der Waals surface area contributed by atoms with Gasteiger partial charge in [-0.3, -0.25) is 4.90 Å². The van der Waals surface area contributed by atoms with Crippen molar-refractivity contribution in [2.75, 3.05) is 26.2 Å². The van der Waals surface area contributed by atoms with E-state index in [4.69, 9.17) is 4.42 Å². The van der Waals surface area contributed by atoms with Gasteiger partial charge in [0, 0.05) is 32.6 Å². The van der Waals surface area contributed by atoms with Crippen molar-refractivity contribution in [3.8, 4) is 0 Å². The van der Waals surface area contributed by atoms with E-state index in [2.05, 4.69) is 28.9 Å². The lowest BCUT2D eigenvalue weighted by molar-refractivity contribution is 0.128. The molecule has 1 aliphatic heterocycles. The minimum Gasteiger partial charge on any atom is -0.424 e. The molecule has 148 valence electrons. The van der Waals surface area contributed by atoms with Crippen molar-refractivity contribution in [3.63, 3.8) is 0 Å². The zero-order valence-electron chi connectivity index (χ0n) is 16.4. The zero-order valence-corrected chi connectivity index (χ0v) is 17.2. The van der Waals surface area contributed by atoms with E-state index in [0.29, 0.717) is 48.8 Å². The van der Waals surface area contributed by atoms with Crippen molar-refractivity contribution < 1.29 is 12.8 Å². The average molecular weight is 393 g/mol. The second-order valence-electron chi connectivity index (χ2n) is 7.56. The van der Waals surface area contributed by atoms with Crippen LogP contribution in [-0.2, 0) is 16.4 Å². The number of rotatable bonds is 6. The lowest BCUT2D eigenvalue weighted by Crippen LogP contribution is -2.49. The maximum absolute atomic E-state index is 12.8. The molecule has 1 aromatic carbocycles. The van der Waals surface area contributed by atoms with Gasteiger partial charge in [-0.05, 0) is 31.9 Å². The van der Waals surface area contributed by atoms with Gasteiger partial charge in [0.15, 0.2) is 0 Å². The van der Waals surface area contributed by atoms with E-state index in [1.165, 1.54) is 0 Å². The highest BCUT2D eigenvalue weighted by Crippen LogP contribution is 2.24. The van der Waals surface area contributed by atoms with E-state index in [0.717, 1.165) is 12.0 Å². The Kier molecular flexibility index (Phi) is 5.98. The van der Waals surface area contributed by atoms with Gasteiger partial charge in [-0.2, -0.15) is 4.31 Å². The van der Waals surface area contributed by atoms with Gasteiger partial charge < -0.3 is 4.42 Å². The highest BCUT2D eigenvalue weighted by atomic mass is 32.2. The molecule has 3 rings (SSSR count). The predicted molar refractivity (Wildman–Crippen MR) is 103 cm³/mol. The molecule has 1 saturated heterocycles. The average Bonchev–Trinajstić information content (AvgIpc) is 3.09. The van der Waals surface area contributed by atoms with Crippen LogP contribution in [0.25, 0.3) is 0 Å². The topological polar surface area (TPSA) is 79.5 Å². The molecule has 0 radical (unpaired) electrons. The molecule has 2 heterocycles. The Bertz CT molecular complexity index is 853. The fraction of sp³-hybridized carbons (Fsp3) is 0.579. The molecule has 0 unspecified atom stereocenters. The third kappa shape index (κ3) is 4.56. The van der Waals surface area contributed by atoms with E-state index in [1.54, 1.807) is 16.4 Å². The molecule has 0 spiro atoms. The number of sulfonamides is 1. The van der Waals surface area contributed by atoms with Gasteiger partial charge in [-0.25, -0.2) is 8.42 Å². The summed E-state index contributed by atoms with van der Waals surface area (Å²) in [6.07, 6.45) is 0.766. The van der Waals surface area contributed by atoms with Crippen molar-refractivity contribution in [3.05, 3.63) is 41.6 Å². The maximum atomic E-state index is 12.8. The maximum Gasteiger partial charge on any atom is 0.243 e. The Labute approximate surface area is 161 Å². The van der Waals surface area contributed by atoms with Crippen molar-refractivity contribution in [1.29, 1.82) is 0 Å². The molecule has 0 bridgehead atoms. The predicted octanol–water partition coefficient (Wildman–Crippen LogP) is 2.64. The Morgan fingerprint density at radius 1 is 1.04 bits per heavy atom. The lowest BCUT2D eigenvalue weighted by Gasteiger charge is -2.36. The Hall–Kier alpha value is -1.77. The summed E-state index contributed by atoms with van der Waals surface area (Å²) < 4.78 is 33.0. The van der Waals surface area contributed by atoms with Crippen LogP contribution in [0.3, 0.4) is 0 Å². The number of piperazine rings is 1. The largest absolute Gasteiger partial charge is 0.424 e. The first-order valence-corrected chi connectivity index (χ1v) is 10.8. The van der Waals surface area contributed by atoms with Crippen LogP contribution in [0, 0.1) is 12.8 Å². The summed E-state index contributed by atoms with van der Waals surface area (Å²) in [7, 11) is -3.45. The van der Waals surface area contributed by atoms with E-state index in [9.17, 15) is 8.42 Å². The molecular weight excluding hydrogens is 364 g/mol. The fourth-order valence-electron chi connectivity index (χ4n) is 3.21. The van der Waals surface area contributed by atoms with Gasteiger partial charge in [0.2, 0.25) is 21.8 Å². The van der Waals surface area contributed by atoms with Gasteiger partial charge in [0.05, 0.1) is 10.9 Å². The zero-order chi connectivity index (χ0) is 19.6. The normalized spacial score (nSPS) is 18.1. The van der Waals surface area contributed by atoms with E-state index < -0.39 is 10.0 Å². The standard InChI is InChI=1S/C19H28N4O3S/c1-14(2)13-18-20-21-19(26-18)16(4)22-9-11-23(12-10-22)27(24,25)17-7-5-15(3)6-8-17/h5-8,14,16H,9-13H2,1-4H3/t16-/m1/s1. The van der Waals surface area contributed by atoms with Gasteiger partial charge >= 0.3 is 0 Å². The van der Waals surface area contributed by atoms with Crippen molar-refractivity contribution in [2.45, 2.75) is 45.1 Å². The Morgan fingerprint density at radius 2 is 1.67 bits per heavy atom. The summed E-state index contributed by atoms with van der Waals surface area (Å²) in [4.78, 5) is 2.54. The summed E-state index contributed by atoms with van der Waals surface area (Å²) in [6.45, 7) is 10.4. The Morgan fingerprint density at radius 3 is 2.26 bits per heavy atom. The third-order valence-corrected chi connectivity index (χ3v) is 6.82. The third-order valence-electron chi connectivity index (χ3n) is 4.90. The van der Waals surface area contributed by atoms with Crippen LogP contribution in [0.4, 0.5) is 0 Å².